The maximum atomic E-state index is 13.4. The summed E-state index contributed by atoms with van der Waals surface area (Å²) in [6, 6.07) is 15.3. The molecule has 1 aliphatic rings. The monoisotopic (exact) mass is 496 g/mol. The molecule has 0 aromatic heterocycles. The number of nitrogens with zero attached hydrogens (tertiary/aromatic N) is 1. The molecule has 1 amide bonds. The largest absolute Gasteiger partial charge is 0.493 e. The van der Waals surface area contributed by atoms with E-state index in [9.17, 15) is 13.2 Å². The highest BCUT2D eigenvalue weighted by Crippen LogP contribution is 2.39. The quantitative estimate of drug-likeness (QED) is 0.521. The summed E-state index contributed by atoms with van der Waals surface area (Å²) in [6.45, 7) is 2.28. The zero-order chi connectivity index (χ0) is 25.2. The number of ether oxygens (including phenoxy) is 3. The zero-order valence-corrected chi connectivity index (χ0v) is 20.9. The fourth-order valence-corrected chi connectivity index (χ4v) is 5.65. The minimum Gasteiger partial charge on any atom is -0.493 e. The van der Waals surface area contributed by atoms with Crippen LogP contribution in [-0.2, 0) is 16.4 Å². The van der Waals surface area contributed by atoms with Gasteiger partial charge in [-0.1, -0.05) is 23.8 Å². The minimum absolute atomic E-state index is 0.239. The van der Waals surface area contributed by atoms with Crippen LogP contribution in [0.2, 0.25) is 0 Å². The topological polar surface area (TPSA) is 94.2 Å². The Balaban J connectivity index is 1.66. The lowest BCUT2D eigenvalue weighted by Crippen LogP contribution is -2.35. The molecule has 8 nitrogen and oxygen atoms in total. The van der Waals surface area contributed by atoms with Crippen molar-refractivity contribution in [2.45, 2.75) is 24.7 Å². The van der Waals surface area contributed by atoms with Gasteiger partial charge >= 0.3 is 0 Å². The van der Waals surface area contributed by atoms with Crippen molar-refractivity contribution in [3.05, 3.63) is 71.3 Å². The van der Waals surface area contributed by atoms with Crippen molar-refractivity contribution < 1.29 is 27.4 Å². The van der Waals surface area contributed by atoms with E-state index in [0.29, 0.717) is 40.7 Å². The van der Waals surface area contributed by atoms with Crippen molar-refractivity contribution in [3.8, 4) is 17.2 Å². The summed E-state index contributed by atoms with van der Waals surface area (Å²) in [5, 5.41) is 2.86. The van der Waals surface area contributed by atoms with Crippen molar-refractivity contribution >= 4 is 27.3 Å². The fraction of sp³-hybridized carbons (Fsp3) is 0.269. The average molecular weight is 497 g/mol. The van der Waals surface area contributed by atoms with Crippen LogP contribution in [0.15, 0.2) is 59.5 Å². The highest BCUT2D eigenvalue weighted by molar-refractivity contribution is 7.92. The number of benzene rings is 3. The van der Waals surface area contributed by atoms with Crippen LogP contribution >= 0.6 is 0 Å². The summed E-state index contributed by atoms with van der Waals surface area (Å²) in [7, 11) is 0.704. The Morgan fingerprint density at radius 2 is 1.57 bits per heavy atom. The molecule has 1 heterocycles. The van der Waals surface area contributed by atoms with Gasteiger partial charge < -0.3 is 19.5 Å². The van der Waals surface area contributed by atoms with E-state index in [-0.39, 0.29) is 4.90 Å². The molecule has 0 radical (unpaired) electrons. The highest BCUT2D eigenvalue weighted by atomic mass is 32.2. The van der Waals surface area contributed by atoms with Gasteiger partial charge in [-0.25, -0.2) is 8.42 Å². The number of hydrogen-bond acceptors (Lipinski definition) is 6. The lowest BCUT2D eigenvalue weighted by atomic mass is 10.0. The fourth-order valence-electron chi connectivity index (χ4n) is 4.12. The predicted molar refractivity (Wildman–Crippen MR) is 135 cm³/mol. The van der Waals surface area contributed by atoms with Crippen molar-refractivity contribution in [3.63, 3.8) is 0 Å². The lowest BCUT2D eigenvalue weighted by molar-refractivity contribution is 0.102. The molecular weight excluding hydrogens is 468 g/mol. The van der Waals surface area contributed by atoms with Crippen LogP contribution in [0.5, 0.6) is 17.2 Å². The van der Waals surface area contributed by atoms with Gasteiger partial charge in [-0.05, 0) is 61.7 Å². The Morgan fingerprint density at radius 3 is 2.17 bits per heavy atom. The van der Waals surface area contributed by atoms with Crippen LogP contribution in [0.25, 0.3) is 0 Å². The third-order valence-electron chi connectivity index (χ3n) is 5.96. The van der Waals surface area contributed by atoms with Gasteiger partial charge in [0, 0.05) is 17.8 Å². The van der Waals surface area contributed by atoms with E-state index in [0.717, 1.165) is 24.0 Å². The van der Waals surface area contributed by atoms with Crippen LogP contribution in [0.1, 0.15) is 27.9 Å². The van der Waals surface area contributed by atoms with Gasteiger partial charge in [0.15, 0.2) is 11.5 Å². The first-order valence-corrected chi connectivity index (χ1v) is 12.6. The molecule has 0 bridgehead atoms. The third kappa shape index (κ3) is 4.77. The van der Waals surface area contributed by atoms with E-state index < -0.39 is 15.9 Å². The van der Waals surface area contributed by atoms with Gasteiger partial charge in [-0.3, -0.25) is 9.10 Å². The SMILES string of the molecule is COc1cc(C(=O)Nc2ccc3c(c2)N(S(=O)(=O)c2ccc(C)cc2)CCC3)cc(OC)c1OC. The molecule has 1 aliphatic heterocycles. The molecule has 0 saturated heterocycles. The van der Waals surface area contributed by atoms with E-state index in [4.69, 9.17) is 14.2 Å². The number of nitrogens with one attached hydrogen (secondary N) is 1. The van der Waals surface area contributed by atoms with E-state index in [1.54, 1.807) is 48.5 Å². The van der Waals surface area contributed by atoms with E-state index in [1.165, 1.54) is 25.6 Å². The second-order valence-electron chi connectivity index (χ2n) is 8.21. The van der Waals surface area contributed by atoms with Crippen LogP contribution in [0, 0.1) is 6.92 Å². The smallest absolute Gasteiger partial charge is 0.264 e. The lowest BCUT2D eigenvalue weighted by Gasteiger charge is -2.31. The molecule has 4 rings (SSSR count). The summed E-state index contributed by atoms with van der Waals surface area (Å²) >= 11 is 0. The molecule has 0 spiro atoms. The standard InChI is InChI=1S/C26H28N2O6S/c1-17-7-11-21(12-8-17)35(30,31)28-13-5-6-18-9-10-20(16-22(18)28)27-26(29)19-14-23(32-2)25(34-4)24(15-19)33-3/h7-12,14-16H,5-6,13H2,1-4H3,(H,27,29). The maximum absolute atomic E-state index is 13.4. The Labute approximate surface area is 205 Å². The van der Waals surface area contributed by atoms with E-state index in [1.807, 2.05) is 13.0 Å². The molecule has 9 heteroatoms. The van der Waals surface area contributed by atoms with E-state index >= 15 is 0 Å². The first-order valence-electron chi connectivity index (χ1n) is 11.1. The molecule has 0 atom stereocenters. The van der Waals surface area contributed by atoms with Crippen molar-refractivity contribution in [1.82, 2.24) is 0 Å². The number of anilines is 2. The Kier molecular flexibility index (Phi) is 6.88. The average Bonchev–Trinajstić information content (AvgIpc) is 2.87. The molecule has 184 valence electrons. The Hall–Kier alpha value is -3.72. The molecule has 1 N–H and O–H groups in total. The van der Waals surface area contributed by atoms with Gasteiger partial charge in [-0.15, -0.1) is 0 Å². The molecule has 35 heavy (non-hydrogen) atoms. The van der Waals surface area contributed by atoms with Crippen molar-refractivity contribution in [2.24, 2.45) is 0 Å². The number of rotatable bonds is 7. The molecular formula is C26H28N2O6S. The Bertz CT molecular complexity index is 1330. The minimum atomic E-state index is -3.74. The van der Waals surface area contributed by atoms with Crippen LogP contribution in [0.4, 0.5) is 11.4 Å². The van der Waals surface area contributed by atoms with Gasteiger partial charge in [0.25, 0.3) is 15.9 Å². The molecule has 0 aliphatic carbocycles. The summed E-state index contributed by atoms with van der Waals surface area (Å²) in [5.41, 5.74) is 3.26. The van der Waals surface area contributed by atoms with E-state index in [2.05, 4.69) is 5.32 Å². The number of hydrogen-bond donors (Lipinski definition) is 1. The molecule has 3 aromatic rings. The number of sulfonamides is 1. The normalized spacial score (nSPS) is 13.1. The van der Waals surface area contributed by atoms with Crippen molar-refractivity contribution in [1.29, 1.82) is 0 Å². The third-order valence-corrected chi connectivity index (χ3v) is 7.78. The number of carbonyl (C=O) groups is 1. The van der Waals surface area contributed by atoms with Gasteiger partial charge in [0.1, 0.15) is 0 Å². The maximum Gasteiger partial charge on any atom is 0.264 e. The summed E-state index contributed by atoms with van der Waals surface area (Å²) in [5.74, 6) is 0.709. The number of aryl methyl sites for hydroxylation is 2. The second kappa shape index (κ2) is 9.87. The van der Waals surface area contributed by atoms with Crippen molar-refractivity contribution in [2.75, 3.05) is 37.5 Å². The predicted octanol–water partition coefficient (Wildman–Crippen LogP) is 4.41. The second-order valence-corrected chi connectivity index (χ2v) is 10.1. The summed E-state index contributed by atoms with van der Waals surface area (Å²) < 4.78 is 44.2. The summed E-state index contributed by atoms with van der Waals surface area (Å²) in [4.78, 5) is 13.3. The number of amides is 1. The molecule has 0 fully saturated rings. The van der Waals surface area contributed by atoms with Gasteiger partial charge in [-0.2, -0.15) is 0 Å². The first kappa shape index (κ1) is 24.4. The Morgan fingerprint density at radius 1 is 0.914 bits per heavy atom. The van der Waals surface area contributed by atoms with Crippen LogP contribution in [0.3, 0.4) is 0 Å². The molecule has 0 unspecified atom stereocenters. The highest BCUT2D eigenvalue weighted by Gasteiger charge is 2.29. The summed E-state index contributed by atoms with van der Waals surface area (Å²) in [6.07, 6.45) is 1.48. The molecule has 3 aromatic carbocycles. The zero-order valence-electron chi connectivity index (χ0n) is 20.1. The van der Waals surface area contributed by atoms with Gasteiger partial charge in [0.2, 0.25) is 5.75 Å². The number of methoxy groups -OCH3 is 3. The van der Waals surface area contributed by atoms with Gasteiger partial charge in [0.05, 0.1) is 31.9 Å². The van der Waals surface area contributed by atoms with Crippen LogP contribution in [-0.4, -0.2) is 42.2 Å². The number of carbonyl (C=O) groups excluding carboxylic acids is 1. The number of fused-ring (bicyclic) bond motifs is 1. The first-order chi connectivity index (χ1) is 16.8. The molecule has 0 saturated carbocycles. The van der Waals surface area contributed by atoms with Crippen LogP contribution < -0.4 is 23.8 Å².